The highest BCUT2D eigenvalue weighted by Gasteiger charge is 2.26. The summed E-state index contributed by atoms with van der Waals surface area (Å²) >= 11 is 0. The minimum Gasteiger partial charge on any atom is -0.378 e. The van der Waals surface area contributed by atoms with E-state index in [-0.39, 0.29) is 0 Å². The Labute approximate surface area is 68.2 Å². The van der Waals surface area contributed by atoms with Gasteiger partial charge in [0, 0.05) is 13.0 Å². The van der Waals surface area contributed by atoms with E-state index in [1.807, 2.05) is 0 Å². The molecule has 62 valence electrons. The fourth-order valence-electron chi connectivity index (χ4n) is 1.40. The molecule has 2 nitrogen and oxygen atoms in total. The van der Waals surface area contributed by atoms with Gasteiger partial charge in [0.2, 0.25) is 0 Å². The molecule has 1 aliphatic rings. The van der Waals surface area contributed by atoms with Crippen molar-refractivity contribution in [1.82, 2.24) is 4.90 Å². The molecular formula is C9H15NO. The van der Waals surface area contributed by atoms with Gasteiger partial charge in [-0.1, -0.05) is 5.92 Å². The molecule has 1 aliphatic heterocycles. The van der Waals surface area contributed by atoms with Crippen LogP contribution in [-0.4, -0.2) is 35.7 Å². The normalized spacial score (nSPS) is 34.3. The summed E-state index contributed by atoms with van der Waals surface area (Å²) in [6, 6.07) is 0. The lowest BCUT2D eigenvalue weighted by atomic mass is 9.96. The number of hydrogen-bond acceptors (Lipinski definition) is 2. The van der Waals surface area contributed by atoms with E-state index in [1.54, 1.807) is 0 Å². The van der Waals surface area contributed by atoms with Gasteiger partial charge in [0.25, 0.3) is 0 Å². The van der Waals surface area contributed by atoms with Crippen LogP contribution in [0, 0.1) is 12.3 Å². The standard InChI is InChI=1S/C9H15NO/c1-3-9(11)5-4-7-10(2)8-6-9/h1,11H,4-8H2,2H3. The molecule has 0 aromatic heterocycles. The van der Waals surface area contributed by atoms with E-state index in [9.17, 15) is 5.11 Å². The highest BCUT2D eigenvalue weighted by molar-refractivity contribution is 5.08. The summed E-state index contributed by atoms with van der Waals surface area (Å²) in [6.45, 7) is 1.95. The third-order valence-electron chi connectivity index (χ3n) is 2.31. The van der Waals surface area contributed by atoms with Crippen LogP contribution in [0.4, 0.5) is 0 Å². The molecule has 0 saturated carbocycles. The Kier molecular flexibility index (Phi) is 2.53. The van der Waals surface area contributed by atoms with Crippen LogP contribution in [0.1, 0.15) is 19.3 Å². The third-order valence-corrected chi connectivity index (χ3v) is 2.31. The molecule has 0 spiro atoms. The Morgan fingerprint density at radius 2 is 2.18 bits per heavy atom. The zero-order chi connectivity index (χ0) is 8.32. The van der Waals surface area contributed by atoms with Crippen molar-refractivity contribution in [3.8, 4) is 12.3 Å². The minimum absolute atomic E-state index is 0.708. The number of hydrogen-bond donors (Lipinski definition) is 1. The van der Waals surface area contributed by atoms with Crippen LogP contribution >= 0.6 is 0 Å². The molecule has 0 amide bonds. The number of likely N-dealkylation sites (tertiary alicyclic amines) is 1. The van der Waals surface area contributed by atoms with Crippen LogP contribution in [0.5, 0.6) is 0 Å². The highest BCUT2D eigenvalue weighted by atomic mass is 16.3. The molecule has 1 fully saturated rings. The van der Waals surface area contributed by atoms with Gasteiger partial charge >= 0.3 is 0 Å². The van der Waals surface area contributed by atoms with Crippen molar-refractivity contribution in [3.05, 3.63) is 0 Å². The van der Waals surface area contributed by atoms with Crippen molar-refractivity contribution in [2.45, 2.75) is 24.9 Å². The second kappa shape index (κ2) is 3.25. The van der Waals surface area contributed by atoms with Gasteiger partial charge in [-0.25, -0.2) is 0 Å². The third kappa shape index (κ3) is 2.21. The topological polar surface area (TPSA) is 23.5 Å². The summed E-state index contributed by atoms with van der Waals surface area (Å²) in [4.78, 5) is 2.20. The average Bonchev–Trinajstić information content (AvgIpc) is 2.15. The summed E-state index contributed by atoms with van der Waals surface area (Å²) in [7, 11) is 2.06. The predicted octanol–water partition coefficient (Wildman–Crippen LogP) is 0.466. The predicted molar refractivity (Wildman–Crippen MR) is 45.1 cm³/mol. The molecule has 0 bridgehead atoms. The van der Waals surface area contributed by atoms with Gasteiger partial charge in [-0.15, -0.1) is 6.42 Å². The number of nitrogens with zero attached hydrogens (tertiary/aromatic N) is 1. The Morgan fingerprint density at radius 3 is 2.82 bits per heavy atom. The van der Waals surface area contributed by atoms with Crippen molar-refractivity contribution in [3.63, 3.8) is 0 Å². The van der Waals surface area contributed by atoms with E-state index in [1.165, 1.54) is 0 Å². The minimum atomic E-state index is -0.829. The molecule has 1 saturated heterocycles. The van der Waals surface area contributed by atoms with Crippen LogP contribution < -0.4 is 0 Å². The number of aliphatic hydroxyl groups is 1. The van der Waals surface area contributed by atoms with Gasteiger partial charge < -0.3 is 10.0 Å². The SMILES string of the molecule is C#CC1(O)CCCN(C)CC1. The summed E-state index contributed by atoms with van der Waals surface area (Å²) in [5.41, 5.74) is -0.829. The molecule has 1 heterocycles. The fourth-order valence-corrected chi connectivity index (χ4v) is 1.40. The average molecular weight is 153 g/mol. The maximum atomic E-state index is 9.72. The zero-order valence-corrected chi connectivity index (χ0v) is 7.01. The van der Waals surface area contributed by atoms with Crippen LogP contribution in [0.15, 0.2) is 0 Å². The molecule has 1 rings (SSSR count). The molecule has 11 heavy (non-hydrogen) atoms. The molecule has 1 N–H and O–H groups in total. The first-order chi connectivity index (χ1) is 5.16. The molecule has 0 radical (unpaired) electrons. The van der Waals surface area contributed by atoms with E-state index in [0.29, 0.717) is 6.42 Å². The van der Waals surface area contributed by atoms with E-state index >= 15 is 0 Å². The summed E-state index contributed by atoms with van der Waals surface area (Å²) in [6.07, 6.45) is 7.68. The Hall–Kier alpha value is -0.520. The lowest BCUT2D eigenvalue weighted by Crippen LogP contribution is -2.28. The first-order valence-corrected chi connectivity index (χ1v) is 4.05. The summed E-state index contributed by atoms with van der Waals surface area (Å²) < 4.78 is 0. The Morgan fingerprint density at radius 1 is 1.45 bits per heavy atom. The van der Waals surface area contributed by atoms with E-state index in [0.717, 1.165) is 25.9 Å². The molecule has 2 heteroatoms. The van der Waals surface area contributed by atoms with Crippen LogP contribution in [0.2, 0.25) is 0 Å². The van der Waals surface area contributed by atoms with Crippen LogP contribution in [0.3, 0.4) is 0 Å². The molecular weight excluding hydrogens is 138 g/mol. The molecule has 1 atom stereocenters. The second-order valence-corrected chi connectivity index (χ2v) is 3.33. The second-order valence-electron chi connectivity index (χ2n) is 3.33. The van der Waals surface area contributed by atoms with Crippen LogP contribution in [0.25, 0.3) is 0 Å². The van der Waals surface area contributed by atoms with E-state index < -0.39 is 5.60 Å². The maximum absolute atomic E-state index is 9.72. The molecule has 0 aliphatic carbocycles. The van der Waals surface area contributed by atoms with Crippen molar-refractivity contribution in [1.29, 1.82) is 0 Å². The quantitative estimate of drug-likeness (QED) is 0.511. The van der Waals surface area contributed by atoms with Gasteiger partial charge in [-0.3, -0.25) is 0 Å². The maximum Gasteiger partial charge on any atom is 0.126 e. The van der Waals surface area contributed by atoms with Gasteiger partial charge in [-0.2, -0.15) is 0 Å². The molecule has 1 unspecified atom stereocenters. The van der Waals surface area contributed by atoms with Gasteiger partial charge in [0.05, 0.1) is 0 Å². The molecule has 0 aromatic carbocycles. The number of terminal acetylenes is 1. The van der Waals surface area contributed by atoms with Crippen LogP contribution in [-0.2, 0) is 0 Å². The first kappa shape index (κ1) is 8.58. The van der Waals surface area contributed by atoms with Crippen molar-refractivity contribution in [2.75, 3.05) is 20.1 Å². The van der Waals surface area contributed by atoms with Gasteiger partial charge in [0.15, 0.2) is 0 Å². The largest absolute Gasteiger partial charge is 0.378 e. The van der Waals surface area contributed by atoms with E-state index in [4.69, 9.17) is 6.42 Å². The smallest absolute Gasteiger partial charge is 0.126 e. The molecule has 0 aromatic rings. The lowest BCUT2D eigenvalue weighted by molar-refractivity contribution is 0.0858. The Bertz CT molecular complexity index is 173. The fraction of sp³-hybridized carbons (Fsp3) is 0.778. The monoisotopic (exact) mass is 153 g/mol. The summed E-state index contributed by atoms with van der Waals surface area (Å²) in [5.74, 6) is 2.47. The Balaban J connectivity index is 2.54. The van der Waals surface area contributed by atoms with Crippen molar-refractivity contribution < 1.29 is 5.11 Å². The lowest BCUT2D eigenvalue weighted by Gasteiger charge is -2.19. The van der Waals surface area contributed by atoms with Gasteiger partial charge in [0.1, 0.15) is 5.60 Å². The highest BCUT2D eigenvalue weighted by Crippen LogP contribution is 2.20. The zero-order valence-electron chi connectivity index (χ0n) is 7.01. The van der Waals surface area contributed by atoms with Gasteiger partial charge in [-0.05, 0) is 26.4 Å². The van der Waals surface area contributed by atoms with Crippen molar-refractivity contribution >= 4 is 0 Å². The first-order valence-electron chi connectivity index (χ1n) is 4.05. The van der Waals surface area contributed by atoms with Crippen molar-refractivity contribution in [2.24, 2.45) is 0 Å². The van der Waals surface area contributed by atoms with E-state index in [2.05, 4.69) is 17.9 Å². The number of rotatable bonds is 0. The summed E-state index contributed by atoms with van der Waals surface area (Å²) in [5, 5.41) is 9.72.